The lowest BCUT2D eigenvalue weighted by Crippen LogP contribution is -2.27. The summed E-state index contributed by atoms with van der Waals surface area (Å²) in [5.74, 6) is 0. The monoisotopic (exact) mass is 384 g/mol. The Labute approximate surface area is 154 Å². The van der Waals surface area contributed by atoms with Crippen molar-refractivity contribution in [3.05, 3.63) is 0 Å². The summed E-state index contributed by atoms with van der Waals surface area (Å²) >= 11 is 0. The minimum Gasteiger partial charge on any atom is -0.415 e. The fourth-order valence-corrected chi connectivity index (χ4v) is 2.27. The lowest BCUT2D eigenvalue weighted by molar-refractivity contribution is -0.0128. The fourth-order valence-electron chi connectivity index (χ4n) is 1.57. The van der Waals surface area contributed by atoms with Crippen LogP contribution in [-0.4, -0.2) is 87.5 Å². The van der Waals surface area contributed by atoms with Gasteiger partial charge in [-0.05, 0) is 32.6 Å². The second-order valence-corrected chi connectivity index (χ2v) is 10.7. The van der Waals surface area contributed by atoms with Crippen LogP contribution in [0.3, 0.4) is 0 Å². The van der Waals surface area contributed by atoms with Gasteiger partial charge in [0.2, 0.25) is 0 Å². The summed E-state index contributed by atoms with van der Waals surface area (Å²) < 4.78 is 32.6. The van der Waals surface area contributed by atoms with Gasteiger partial charge in [-0.15, -0.1) is 0 Å². The first-order chi connectivity index (χ1) is 11.6. The SMILES string of the molecule is C[Si](C)(C)OCCOCCOCCOCCOCCOCCCN.N. The second kappa shape index (κ2) is 20.2. The number of hydrogen-bond donors (Lipinski definition) is 2. The van der Waals surface area contributed by atoms with E-state index in [1.165, 1.54) is 0 Å². The predicted molar refractivity (Wildman–Crippen MR) is 102 cm³/mol. The third-order valence-corrected chi connectivity index (χ3v) is 3.81. The Kier molecular flexibility index (Phi) is 21.9. The zero-order valence-corrected chi connectivity index (χ0v) is 17.4. The molecule has 0 amide bonds. The average Bonchev–Trinajstić information content (AvgIpc) is 2.52. The van der Waals surface area contributed by atoms with Gasteiger partial charge in [-0.25, -0.2) is 0 Å². The first kappa shape index (κ1) is 27.1. The molecule has 0 aromatic rings. The summed E-state index contributed by atoms with van der Waals surface area (Å²) in [6.07, 6.45) is 0.889. The zero-order chi connectivity index (χ0) is 17.9. The van der Waals surface area contributed by atoms with Crippen LogP contribution >= 0.6 is 0 Å². The van der Waals surface area contributed by atoms with Crippen LogP contribution in [0.4, 0.5) is 0 Å². The van der Waals surface area contributed by atoms with Gasteiger partial charge in [-0.1, -0.05) is 0 Å². The number of ether oxygens (including phenoxy) is 5. The maximum absolute atomic E-state index is 5.68. The van der Waals surface area contributed by atoms with Crippen molar-refractivity contribution < 1.29 is 28.1 Å². The summed E-state index contributed by atoms with van der Waals surface area (Å²) in [4.78, 5) is 0. The molecule has 5 N–H and O–H groups in total. The average molecular weight is 385 g/mol. The third kappa shape index (κ3) is 26.2. The van der Waals surface area contributed by atoms with Crippen LogP contribution in [0.2, 0.25) is 19.6 Å². The summed E-state index contributed by atoms with van der Waals surface area (Å²) in [5.41, 5.74) is 5.36. The van der Waals surface area contributed by atoms with E-state index in [9.17, 15) is 0 Å². The van der Waals surface area contributed by atoms with Crippen LogP contribution in [-0.2, 0) is 28.1 Å². The number of rotatable bonds is 19. The van der Waals surface area contributed by atoms with Crippen molar-refractivity contribution in [3.63, 3.8) is 0 Å². The molecule has 0 saturated carbocycles. The van der Waals surface area contributed by atoms with Crippen molar-refractivity contribution >= 4 is 8.32 Å². The highest BCUT2D eigenvalue weighted by Crippen LogP contribution is 2.01. The van der Waals surface area contributed by atoms with Gasteiger partial charge in [-0.3, -0.25) is 0 Å². The molecule has 0 fully saturated rings. The van der Waals surface area contributed by atoms with Crippen molar-refractivity contribution in [2.75, 3.05) is 79.2 Å². The molecule has 0 aliphatic heterocycles. The number of nitrogens with two attached hydrogens (primary N) is 1. The van der Waals surface area contributed by atoms with Crippen LogP contribution in [0.15, 0.2) is 0 Å². The first-order valence-corrected chi connectivity index (χ1v) is 12.2. The second-order valence-electron chi connectivity index (χ2n) is 6.16. The fraction of sp³-hybridized carbons (Fsp3) is 1.00. The van der Waals surface area contributed by atoms with E-state index in [4.69, 9.17) is 33.8 Å². The Morgan fingerprint density at radius 2 is 0.880 bits per heavy atom. The molecule has 0 aromatic carbocycles. The Balaban J connectivity index is 0. The summed E-state index contributed by atoms with van der Waals surface area (Å²) in [5, 5.41) is 0. The topological polar surface area (TPSA) is 116 Å². The maximum Gasteiger partial charge on any atom is 0.183 e. The van der Waals surface area contributed by atoms with E-state index < -0.39 is 8.32 Å². The molecule has 154 valence electrons. The molecule has 0 aliphatic carbocycles. The third-order valence-electron chi connectivity index (χ3n) is 2.74. The van der Waals surface area contributed by atoms with Crippen LogP contribution in [0, 0.1) is 0 Å². The van der Waals surface area contributed by atoms with Crippen molar-refractivity contribution in [1.29, 1.82) is 0 Å². The van der Waals surface area contributed by atoms with Gasteiger partial charge < -0.3 is 40.0 Å². The van der Waals surface area contributed by atoms with E-state index in [1.54, 1.807) is 0 Å². The lowest BCUT2D eigenvalue weighted by Gasteiger charge is -2.16. The molecule has 0 atom stereocenters. The molecule has 0 radical (unpaired) electrons. The maximum atomic E-state index is 5.68. The molecule has 0 aliphatic rings. The highest BCUT2D eigenvalue weighted by molar-refractivity contribution is 6.69. The Morgan fingerprint density at radius 1 is 0.560 bits per heavy atom. The Morgan fingerprint density at radius 3 is 1.20 bits per heavy atom. The molecule has 9 heteroatoms. The van der Waals surface area contributed by atoms with Gasteiger partial charge in [-0.2, -0.15) is 0 Å². The van der Waals surface area contributed by atoms with Crippen LogP contribution < -0.4 is 11.9 Å². The van der Waals surface area contributed by atoms with Gasteiger partial charge in [0.15, 0.2) is 8.32 Å². The minimum absolute atomic E-state index is 0. The van der Waals surface area contributed by atoms with E-state index in [0.29, 0.717) is 79.2 Å². The highest BCUT2D eigenvalue weighted by atomic mass is 28.4. The first-order valence-electron chi connectivity index (χ1n) is 8.79. The molecular weight excluding hydrogens is 344 g/mol. The normalized spacial score (nSPS) is 11.5. The molecule has 8 nitrogen and oxygen atoms in total. The molecule has 0 aromatic heterocycles. The van der Waals surface area contributed by atoms with Crippen LogP contribution in [0.25, 0.3) is 0 Å². The van der Waals surface area contributed by atoms with Gasteiger partial charge in [0.05, 0.1) is 66.1 Å². The molecule has 0 bridgehead atoms. The Hall–Kier alpha value is -0.103. The van der Waals surface area contributed by atoms with Gasteiger partial charge >= 0.3 is 0 Å². The highest BCUT2D eigenvalue weighted by Gasteiger charge is 2.12. The lowest BCUT2D eigenvalue weighted by atomic mass is 10.5. The van der Waals surface area contributed by atoms with E-state index >= 15 is 0 Å². The standard InChI is InChI=1S/C16H37NO6Si.H3N/c1-24(2,3)23-16-15-22-14-13-21-12-11-20-10-9-19-8-7-18-6-4-5-17;/h4-17H2,1-3H3;1H3. The molecule has 25 heavy (non-hydrogen) atoms. The summed E-state index contributed by atoms with van der Waals surface area (Å²) in [6, 6.07) is 0. The van der Waals surface area contributed by atoms with Crippen molar-refractivity contribution in [3.8, 4) is 0 Å². The van der Waals surface area contributed by atoms with E-state index in [1.807, 2.05) is 0 Å². The van der Waals surface area contributed by atoms with E-state index in [2.05, 4.69) is 19.6 Å². The molecule has 0 rings (SSSR count). The van der Waals surface area contributed by atoms with Gasteiger partial charge in [0.1, 0.15) is 0 Å². The molecule has 0 spiro atoms. The summed E-state index contributed by atoms with van der Waals surface area (Å²) in [7, 11) is -1.42. The van der Waals surface area contributed by atoms with Gasteiger partial charge in [0.25, 0.3) is 0 Å². The van der Waals surface area contributed by atoms with Crippen LogP contribution in [0.1, 0.15) is 6.42 Å². The largest absolute Gasteiger partial charge is 0.415 e. The number of hydrogen-bond acceptors (Lipinski definition) is 8. The van der Waals surface area contributed by atoms with E-state index in [0.717, 1.165) is 6.42 Å². The molecule has 0 saturated heterocycles. The smallest absolute Gasteiger partial charge is 0.183 e. The minimum atomic E-state index is -1.42. The molecule has 0 unspecified atom stereocenters. The van der Waals surface area contributed by atoms with E-state index in [-0.39, 0.29) is 6.15 Å². The van der Waals surface area contributed by atoms with Crippen molar-refractivity contribution in [2.24, 2.45) is 5.73 Å². The predicted octanol–water partition coefficient (Wildman–Crippen LogP) is 1.43. The zero-order valence-electron chi connectivity index (χ0n) is 16.4. The van der Waals surface area contributed by atoms with Gasteiger partial charge in [0, 0.05) is 6.61 Å². The Bertz CT molecular complexity index is 257. The summed E-state index contributed by atoms with van der Waals surface area (Å²) in [6.45, 7) is 13.8. The quantitative estimate of drug-likeness (QED) is 0.254. The molecule has 0 heterocycles. The van der Waals surface area contributed by atoms with Crippen LogP contribution in [0.5, 0.6) is 0 Å². The molecular formula is C16H40N2O6Si. The van der Waals surface area contributed by atoms with Crippen molar-refractivity contribution in [2.45, 2.75) is 26.1 Å². The van der Waals surface area contributed by atoms with Crippen molar-refractivity contribution in [1.82, 2.24) is 6.15 Å².